The number of hydrogen-bond donors (Lipinski definition) is 1. The number of hydrogen-bond acceptors (Lipinski definition) is 4. The summed E-state index contributed by atoms with van der Waals surface area (Å²) < 4.78 is 20.2. The van der Waals surface area contributed by atoms with Gasteiger partial charge in [-0.25, -0.2) is 9.18 Å². The summed E-state index contributed by atoms with van der Waals surface area (Å²) in [6.45, 7) is -0.270. The fourth-order valence-electron chi connectivity index (χ4n) is 2.63. The number of ether oxygens (including phenoxy) is 1. The van der Waals surface area contributed by atoms with Crippen molar-refractivity contribution in [3.05, 3.63) is 93.0 Å². The van der Waals surface area contributed by atoms with Crippen molar-refractivity contribution in [3.63, 3.8) is 0 Å². The Morgan fingerprint density at radius 2 is 1.71 bits per heavy atom. The SMILES string of the molecule is COc1ccc(NC(=O)Cn2c(=O)ccn(Cc3ccc(F)cc3)c2=O)cc1. The van der Waals surface area contributed by atoms with Gasteiger partial charge in [-0.1, -0.05) is 12.1 Å². The molecule has 28 heavy (non-hydrogen) atoms. The predicted molar refractivity (Wildman–Crippen MR) is 102 cm³/mol. The number of aromatic nitrogens is 2. The maximum atomic E-state index is 13.0. The molecule has 3 rings (SSSR count). The van der Waals surface area contributed by atoms with Gasteiger partial charge in [-0.2, -0.15) is 0 Å². The van der Waals surface area contributed by atoms with E-state index in [0.29, 0.717) is 17.0 Å². The third-order valence-corrected chi connectivity index (χ3v) is 4.08. The van der Waals surface area contributed by atoms with Crippen LogP contribution in [0.2, 0.25) is 0 Å². The van der Waals surface area contributed by atoms with Crippen LogP contribution in [0.5, 0.6) is 5.75 Å². The molecule has 0 aliphatic carbocycles. The standard InChI is InChI=1S/C20H18FN3O4/c1-28-17-8-6-16(7-9-17)22-18(25)13-24-19(26)10-11-23(20(24)27)12-14-2-4-15(21)5-3-14/h2-11H,12-13H2,1H3,(H,22,25). The van der Waals surface area contributed by atoms with E-state index in [-0.39, 0.29) is 12.4 Å². The second-order valence-electron chi connectivity index (χ2n) is 6.05. The molecule has 0 spiro atoms. The van der Waals surface area contributed by atoms with Crippen molar-refractivity contribution in [1.82, 2.24) is 9.13 Å². The van der Waals surface area contributed by atoms with E-state index in [4.69, 9.17) is 4.74 Å². The summed E-state index contributed by atoms with van der Waals surface area (Å²) >= 11 is 0. The minimum Gasteiger partial charge on any atom is -0.497 e. The van der Waals surface area contributed by atoms with Crippen LogP contribution in [0.3, 0.4) is 0 Å². The van der Waals surface area contributed by atoms with Crippen LogP contribution in [-0.2, 0) is 17.9 Å². The molecular weight excluding hydrogens is 365 g/mol. The number of carbonyl (C=O) groups excluding carboxylic acids is 1. The van der Waals surface area contributed by atoms with Gasteiger partial charge < -0.3 is 10.1 Å². The van der Waals surface area contributed by atoms with Gasteiger partial charge in [0.2, 0.25) is 5.91 Å². The lowest BCUT2D eigenvalue weighted by Gasteiger charge is -2.11. The summed E-state index contributed by atoms with van der Waals surface area (Å²) in [5.41, 5.74) is 0.00439. The number of benzene rings is 2. The molecule has 8 heteroatoms. The van der Waals surface area contributed by atoms with E-state index in [1.54, 1.807) is 36.4 Å². The molecule has 1 amide bonds. The van der Waals surface area contributed by atoms with Crippen molar-refractivity contribution in [2.45, 2.75) is 13.1 Å². The average Bonchev–Trinajstić information content (AvgIpc) is 2.69. The van der Waals surface area contributed by atoms with E-state index in [2.05, 4.69) is 5.32 Å². The van der Waals surface area contributed by atoms with Crippen LogP contribution in [0.4, 0.5) is 10.1 Å². The summed E-state index contributed by atoms with van der Waals surface area (Å²) in [7, 11) is 1.53. The van der Waals surface area contributed by atoms with E-state index in [9.17, 15) is 18.8 Å². The Hall–Kier alpha value is -3.68. The molecule has 0 fully saturated rings. The number of nitrogens with zero attached hydrogens (tertiary/aromatic N) is 2. The number of carbonyl (C=O) groups is 1. The second kappa shape index (κ2) is 8.34. The topological polar surface area (TPSA) is 82.3 Å². The zero-order valence-electron chi connectivity index (χ0n) is 15.1. The molecule has 3 aromatic rings. The third kappa shape index (κ3) is 4.53. The van der Waals surface area contributed by atoms with Crippen LogP contribution in [0, 0.1) is 5.82 Å². The molecule has 0 atom stereocenters. The molecule has 0 aliphatic heterocycles. The van der Waals surface area contributed by atoms with Crippen molar-refractivity contribution >= 4 is 11.6 Å². The molecule has 2 aromatic carbocycles. The van der Waals surface area contributed by atoms with E-state index in [1.165, 1.54) is 36.1 Å². The molecule has 0 aliphatic rings. The highest BCUT2D eigenvalue weighted by Gasteiger charge is 2.11. The fourth-order valence-corrected chi connectivity index (χ4v) is 2.63. The van der Waals surface area contributed by atoms with Gasteiger partial charge in [0.1, 0.15) is 18.1 Å². The maximum absolute atomic E-state index is 13.0. The summed E-state index contributed by atoms with van der Waals surface area (Å²) in [6, 6.07) is 13.6. The first-order chi connectivity index (χ1) is 13.5. The van der Waals surface area contributed by atoms with Crippen LogP contribution in [-0.4, -0.2) is 22.2 Å². The van der Waals surface area contributed by atoms with Crippen LogP contribution in [0.15, 0.2) is 70.4 Å². The zero-order chi connectivity index (χ0) is 20.1. The molecule has 0 unspecified atom stereocenters. The van der Waals surface area contributed by atoms with Crippen molar-refractivity contribution in [2.24, 2.45) is 0 Å². The Balaban J connectivity index is 1.77. The minimum atomic E-state index is -0.623. The van der Waals surface area contributed by atoms with Gasteiger partial charge in [0, 0.05) is 18.0 Å². The lowest BCUT2D eigenvalue weighted by atomic mass is 10.2. The molecule has 144 valence electrons. The first kappa shape index (κ1) is 19.1. The number of anilines is 1. The zero-order valence-corrected chi connectivity index (χ0v) is 15.1. The minimum absolute atomic E-state index is 0.152. The van der Waals surface area contributed by atoms with Gasteiger partial charge in [0.15, 0.2) is 0 Å². The van der Waals surface area contributed by atoms with Crippen LogP contribution >= 0.6 is 0 Å². The van der Waals surface area contributed by atoms with Crippen molar-refractivity contribution in [2.75, 3.05) is 12.4 Å². The Morgan fingerprint density at radius 1 is 1.04 bits per heavy atom. The Labute approximate surface area is 159 Å². The van der Waals surface area contributed by atoms with Crippen molar-refractivity contribution in [1.29, 1.82) is 0 Å². The molecule has 0 bridgehead atoms. The van der Waals surface area contributed by atoms with E-state index in [0.717, 1.165) is 4.57 Å². The molecule has 1 heterocycles. The van der Waals surface area contributed by atoms with E-state index >= 15 is 0 Å². The van der Waals surface area contributed by atoms with Crippen molar-refractivity contribution < 1.29 is 13.9 Å². The highest BCUT2D eigenvalue weighted by atomic mass is 19.1. The fraction of sp³-hybridized carbons (Fsp3) is 0.150. The molecule has 1 N–H and O–H groups in total. The van der Waals surface area contributed by atoms with Crippen LogP contribution in [0.25, 0.3) is 0 Å². The highest BCUT2D eigenvalue weighted by Crippen LogP contribution is 2.14. The lowest BCUT2D eigenvalue weighted by molar-refractivity contribution is -0.116. The normalized spacial score (nSPS) is 10.5. The largest absolute Gasteiger partial charge is 0.497 e. The summed E-state index contributed by atoms with van der Waals surface area (Å²) in [4.78, 5) is 36.9. The number of rotatable bonds is 6. The number of amides is 1. The van der Waals surface area contributed by atoms with Gasteiger partial charge >= 0.3 is 5.69 Å². The highest BCUT2D eigenvalue weighted by molar-refractivity contribution is 5.90. The number of methoxy groups -OCH3 is 1. The predicted octanol–water partition coefficient (Wildman–Crippen LogP) is 1.84. The van der Waals surface area contributed by atoms with Crippen LogP contribution in [0.1, 0.15) is 5.56 Å². The van der Waals surface area contributed by atoms with Gasteiger partial charge in [-0.15, -0.1) is 0 Å². The first-order valence-corrected chi connectivity index (χ1v) is 8.45. The molecule has 0 radical (unpaired) electrons. The monoisotopic (exact) mass is 383 g/mol. The van der Waals surface area contributed by atoms with E-state index in [1.807, 2.05) is 0 Å². The van der Waals surface area contributed by atoms with Gasteiger partial charge in [-0.05, 0) is 42.0 Å². The van der Waals surface area contributed by atoms with Gasteiger partial charge in [0.25, 0.3) is 5.56 Å². The Kier molecular flexibility index (Phi) is 5.69. The second-order valence-corrected chi connectivity index (χ2v) is 6.05. The quantitative estimate of drug-likeness (QED) is 0.704. The first-order valence-electron chi connectivity index (χ1n) is 8.45. The van der Waals surface area contributed by atoms with Crippen molar-refractivity contribution in [3.8, 4) is 5.75 Å². The summed E-state index contributed by atoms with van der Waals surface area (Å²) in [6.07, 6.45) is 1.35. The number of nitrogens with one attached hydrogen (secondary N) is 1. The molecular formula is C20H18FN3O4. The third-order valence-electron chi connectivity index (χ3n) is 4.08. The summed E-state index contributed by atoms with van der Waals surface area (Å²) in [5.74, 6) is -0.249. The molecule has 0 saturated carbocycles. The van der Waals surface area contributed by atoms with Gasteiger partial charge in [0.05, 0.1) is 13.7 Å². The van der Waals surface area contributed by atoms with Gasteiger partial charge in [-0.3, -0.25) is 18.7 Å². The molecule has 7 nitrogen and oxygen atoms in total. The smallest absolute Gasteiger partial charge is 0.331 e. The molecule has 1 aromatic heterocycles. The average molecular weight is 383 g/mol. The lowest BCUT2D eigenvalue weighted by Crippen LogP contribution is -2.41. The number of halogens is 1. The molecule has 0 saturated heterocycles. The Bertz CT molecular complexity index is 1090. The van der Waals surface area contributed by atoms with E-state index < -0.39 is 23.7 Å². The Morgan fingerprint density at radius 3 is 2.36 bits per heavy atom. The summed E-state index contributed by atoms with van der Waals surface area (Å²) in [5, 5.41) is 2.63. The maximum Gasteiger partial charge on any atom is 0.331 e. The van der Waals surface area contributed by atoms with Crippen LogP contribution < -0.4 is 21.3 Å².